The van der Waals surface area contributed by atoms with Crippen LogP contribution in [0.5, 0.6) is 0 Å². The van der Waals surface area contributed by atoms with Gasteiger partial charge in [-0.2, -0.15) is 0 Å². The minimum atomic E-state index is -3.40. The number of nitrogens with zero attached hydrogens (tertiary/aromatic N) is 1. The average Bonchev–Trinajstić information content (AvgIpc) is 2.95. The van der Waals surface area contributed by atoms with Gasteiger partial charge in [-0.3, -0.25) is 0 Å². The Morgan fingerprint density at radius 3 is 2.61 bits per heavy atom. The zero-order valence-corrected chi connectivity index (χ0v) is 14.1. The number of sulfone groups is 1. The molecule has 1 heterocycles. The van der Waals surface area contributed by atoms with E-state index in [9.17, 15) is 8.42 Å². The van der Waals surface area contributed by atoms with Crippen LogP contribution in [0.3, 0.4) is 0 Å². The first kappa shape index (κ1) is 15.8. The third kappa shape index (κ3) is 3.83. The van der Waals surface area contributed by atoms with Gasteiger partial charge in [0, 0.05) is 11.2 Å². The van der Waals surface area contributed by atoms with E-state index in [1.807, 2.05) is 31.2 Å². The fraction of sp³-hybridized carbons (Fsp3) is 0.118. The molecule has 0 saturated heterocycles. The summed E-state index contributed by atoms with van der Waals surface area (Å²) in [4.78, 5) is 4.62. The number of rotatable bonds is 5. The SMILES string of the molecule is Cc1ccc(S(=O)(=O)/C=C/CSc2nc3ccccc3o2)cc1. The number of aromatic nitrogens is 1. The molecule has 2 aromatic carbocycles. The topological polar surface area (TPSA) is 60.2 Å². The standard InChI is InChI=1S/C17H15NO3S2/c1-13-7-9-14(10-8-13)23(19,20)12-4-11-22-17-18-15-5-2-3-6-16(15)21-17/h2-10,12H,11H2,1H3/b12-4+. The van der Waals surface area contributed by atoms with Gasteiger partial charge in [0.25, 0.3) is 5.22 Å². The molecule has 0 atom stereocenters. The predicted octanol–water partition coefficient (Wildman–Crippen LogP) is 4.22. The van der Waals surface area contributed by atoms with Crippen molar-refractivity contribution < 1.29 is 12.8 Å². The smallest absolute Gasteiger partial charge is 0.257 e. The van der Waals surface area contributed by atoms with Crippen molar-refractivity contribution in [2.24, 2.45) is 0 Å². The largest absolute Gasteiger partial charge is 0.431 e. The highest BCUT2D eigenvalue weighted by molar-refractivity contribution is 7.99. The molecule has 23 heavy (non-hydrogen) atoms. The summed E-state index contributed by atoms with van der Waals surface area (Å²) in [6, 6.07) is 14.3. The van der Waals surface area contributed by atoms with Crippen LogP contribution in [0.1, 0.15) is 5.56 Å². The normalized spacial score (nSPS) is 12.2. The molecular weight excluding hydrogens is 330 g/mol. The van der Waals surface area contributed by atoms with Crippen LogP contribution in [0.2, 0.25) is 0 Å². The molecule has 0 unspecified atom stereocenters. The second-order valence-corrected chi connectivity index (χ2v) is 7.79. The van der Waals surface area contributed by atoms with Gasteiger partial charge in [-0.05, 0) is 31.2 Å². The summed E-state index contributed by atoms with van der Waals surface area (Å²) in [5, 5.41) is 1.76. The minimum Gasteiger partial charge on any atom is -0.431 e. The maximum atomic E-state index is 12.2. The molecule has 118 valence electrons. The zero-order chi connectivity index (χ0) is 16.3. The van der Waals surface area contributed by atoms with Crippen LogP contribution in [0, 0.1) is 6.92 Å². The minimum absolute atomic E-state index is 0.297. The van der Waals surface area contributed by atoms with E-state index >= 15 is 0 Å². The number of hydrogen-bond donors (Lipinski definition) is 0. The van der Waals surface area contributed by atoms with Gasteiger partial charge in [-0.1, -0.05) is 47.7 Å². The van der Waals surface area contributed by atoms with Crippen LogP contribution in [-0.2, 0) is 9.84 Å². The first-order chi connectivity index (χ1) is 11.0. The van der Waals surface area contributed by atoms with Crippen molar-refractivity contribution in [2.45, 2.75) is 17.0 Å². The lowest BCUT2D eigenvalue weighted by Crippen LogP contribution is -1.96. The van der Waals surface area contributed by atoms with Gasteiger partial charge in [0.15, 0.2) is 15.4 Å². The van der Waals surface area contributed by atoms with Crippen molar-refractivity contribution in [3.63, 3.8) is 0 Å². The van der Waals surface area contributed by atoms with Gasteiger partial charge < -0.3 is 4.42 Å². The van der Waals surface area contributed by atoms with Crippen LogP contribution < -0.4 is 0 Å². The van der Waals surface area contributed by atoms with E-state index in [1.165, 1.54) is 17.2 Å². The Kier molecular flexibility index (Phi) is 4.54. The second-order valence-electron chi connectivity index (χ2n) is 4.99. The second kappa shape index (κ2) is 6.60. The van der Waals surface area contributed by atoms with Crippen molar-refractivity contribution in [1.82, 2.24) is 4.98 Å². The average molecular weight is 345 g/mol. The fourth-order valence-electron chi connectivity index (χ4n) is 2.00. The zero-order valence-electron chi connectivity index (χ0n) is 12.5. The van der Waals surface area contributed by atoms with Crippen molar-refractivity contribution in [1.29, 1.82) is 0 Å². The number of benzene rings is 2. The molecule has 0 fully saturated rings. The Labute approximate surface area is 139 Å². The predicted molar refractivity (Wildman–Crippen MR) is 92.2 cm³/mol. The van der Waals surface area contributed by atoms with Crippen LogP contribution >= 0.6 is 11.8 Å². The first-order valence-electron chi connectivity index (χ1n) is 7.01. The van der Waals surface area contributed by atoms with E-state index in [1.54, 1.807) is 30.3 Å². The van der Waals surface area contributed by atoms with E-state index in [-0.39, 0.29) is 0 Å². The van der Waals surface area contributed by atoms with Gasteiger partial charge >= 0.3 is 0 Å². The molecule has 0 N–H and O–H groups in total. The van der Waals surface area contributed by atoms with Crippen molar-refractivity contribution in [2.75, 3.05) is 5.75 Å². The molecule has 0 radical (unpaired) electrons. The van der Waals surface area contributed by atoms with E-state index in [0.717, 1.165) is 16.7 Å². The summed E-state index contributed by atoms with van der Waals surface area (Å²) in [5.74, 6) is 0.470. The van der Waals surface area contributed by atoms with Gasteiger partial charge in [-0.25, -0.2) is 13.4 Å². The van der Waals surface area contributed by atoms with Crippen molar-refractivity contribution in [3.8, 4) is 0 Å². The summed E-state index contributed by atoms with van der Waals surface area (Å²) >= 11 is 1.36. The van der Waals surface area contributed by atoms with E-state index < -0.39 is 9.84 Å². The van der Waals surface area contributed by atoms with Gasteiger partial charge in [0.2, 0.25) is 0 Å². The van der Waals surface area contributed by atoms with E-state index in [0.29, 0.717) is 15.9 Å². The summed E-state index contributed by atoms with van der Waals surface area (Å²) in [7, 11) is -3.40. The summed E-state index contributed by atoms with van der Waals surface area (Å²) in [6.07, 6.45) is 1.61. The Bertz CT molecular complexity index is 908. The number of para-hydroxylation sites is 2. The van der Waals surface area contributed by atoms with Crippen LogP contribution in [0.25, 0.3) is 11.1 Å². The number of oxazole rings is 1. The fourth-order valence-corrected chi connectivity index (χ4v) is 3.80. The Hall–Kier alpha value is -2.05. The maximum absolute atomic E-state index is 12.2. The highest BCUT2D eigenvalue weighted by atomic mass is 32.2. The molecule has 0 saturated carbocycles. The first-order valence-corrected chi connectivity index (χ1v) is 9.54. The molecular formula is C17H15NO3S2. The Morgan fingerprint density at radius 2 is 1.87 bits per heavy atom. The molecule has 0 aliphatic heterocycles. The Balaban J connectivity index is 1.65. The number of hydrogen-bond acceptors (Lipinski definition) is 5. The molecule has 0 aliphatic carbocycles. The molecule has 3 aromatic rings. The molecule has 4 nitrogen and oxygen atoms in total. The molecule has 0 spiro atoms. The third-order valence-corrected chi connectivity index (χ3v) is 5.46. The molecule has 0 amide bonds. The van der Waals surface area contributed by atoms with Gasteiger partial charge in [0.05, 0.1) is 4.90 Å². The molecule has 0 bridgehead atoms. The highest BCUT2D eigenvalue weighted by Crippen LogP contribution is 2.23. The number of thioether (sulfide) groups is 1. The maximum Gasteiger partial charge on any atom is 0.257 e. The summed E-state index contributed by atoms with van der Waals surface area (Å²) in [6.45, 7) is 1.92. The van der Waals surface area contributed by atoms with E-state index in [4.69, 9.17) is 4.42 Å². The third-order valence-electron chi connectivity index (χ3n) is 3.20. The van der Waals surface area contributed by atoms with Gasteiger partial charge in [-0.15, -0.1) is 0 Å². The van der Waals surface area contributed by atoms with Crippen molar-refractivity contribution >= 4 is 32.7 Å². The summed E-state index contributed by atoms with van der Waals surface area (Å²) in [5.41, 5.74) is 2.55. The lowest BCUT2D eigenvalue weighted by Gasteiger charge is -1.99. The van der Waals surface area contributed by atoms with Crippen LogP contribution in [0.4, 0.5) is 0 Å². The summed E-state index contributed by atoms with van der Waals surface area (Å²) < 4.78 is 29.9. The monoisotopic (exact) mass is 345 g/mol. The highest BCUT2D eigenvalue weighted by Gasteiger charge is 2.09. The molecule has 0 aliphatic rings. The van der Waals surface area contributed by atoms with Crippen LogP contribution in [0.15, 0.2) is 74.6 Å². The number of fused-ring (bicyclic) bond motifs is 1. The Morgan fingerprint density at radius 1 is 1.13 bits per heavy atom. The van der Waals surface area contributed by atoms with Gasteiger partial charge in [0.1, 0.15) is 5.52 Å². The lowest BCUT2D eigenvalue weighted by molar-refractivity contribution is 0.490. The molecule has 6 heteroatoms. The molecule has 1 aromatic heterocycles. The quantitative estimate of drug-likeness (QED) is 0.648. The van der Waals surface area contributed by atoms with E-state index in [2.05, 4.69) is 4.98 Å². The van der Waals surface area contributed by atoms with Crippen molar-refractivity contribution in [3.05, 3.63) is 65.6 Å². The van der Waals surface area contributed by atoms with Crippen LogP contribution in [-0.4, -0.2) is 19.2 Å². The lowest BCUT2D eigenvalue weighted by atomic mass is 10.2. The molecule has 3 rings (SSSR count). The number of aryl methyl sites for hydroxylation is 1.